The molecule has 0 bridgehead atoms. The predicted molar refractivity (Wildman–Crippen MR) is 137 cm³/mol. The van der Waals surface area contributed by atoms with Gasteiger partial charge in [0.2, 0.25) is 5.78 Å². The summed E-state index contributed by atoms with van der Waals surface area (Å²) in [6.45, 7) is 1.60. The lowest BCUT2D eigenvalue weighted by Crippen LogP contribution is -2.63. The fourth-order valence-electron chi connectivity index (χ4n) is 4.36. The molecule has 224 valence electrons. The average Bonchev–Trinajstić information content (AvgIpc) is 3.34. The first kappa shape index (κ1) is 31.5. The zero-order valence-electron chi connectivity index (χ0n) is 21.2. The van der Waals surface area contributed by atoms with Crippen molar-refractivity contribution in [2.45, 2.75) is 41.4 Å². The Morgan fingerprint density at radius 2 is 1.26 bits per heavy atom. The number of sulfone groups is 1. The molecule has 0 fully saturated rings. The smallest absolute Gasteiger partial charge is 0.417 e. The fourth-order valence-corrected chi connectivity index (χ4v) is 6.22. The van der Waals surface area contributed by atoms with Crippen molar-refractivity contribution in [2.24, 2.45) is 0 Å². The Morgan fingerprint density at radius 1 is 0.762 bits per heavy atom. The molecule has 0 radical (unpaired) electrons. The van der Waals surface area contributed by atoms with Gasteiger partial charge in [0.15, 0.2) is 6.10 Å². The van der Waals surface area contributed by atoms with Gasteiger partial charge in [-0.05, 0) is 24.1 Å². The van der Waals surface area contributed by atoms with Crippen molar-refractivity contribution in [3.63, 3.8) is 0 Å². The van der Waals surface area contributed by atoms with Crippen molar-refractivity contribution in [1.29, 1.82) is 0 Å². The van der Waals surface area contributed by atoms with Crippen molar-refractivity contribution in [3.05, 3.63) is 112 Å². The summed E-state index contributed by atoms with van der Waals surface area (Å²) in [5.74, 6) is -18.4. The van der Waals surface area contributed by atoms with Gasteiger partial charge < -0.3 is 4.74 Å². The second kappa shape index (κ2) is 10.7. The molecule has 4 rings (SSSR count). The number of carbonyl (C=O) groups excluding carboxylic acids is 1. The number of carbonyl (C=O) groups is 1. The highest BCUT2D eigenvalue weighted by Gasteiger charge is 2.85. The van der Waals surface area contributed by atoms with Crippen LogP contribution in [0.25, 0.3) is 5.76 Å². The van der Waals surface area contributed by atoms with Crippen molar-refractivity contribution in [3.8, 4) is 0 Å². The zero-order chi connectivity index (χ0) is 31.3. The van der Waals surface area contributed by atoms with Gasteiger partial charge in [0.05, 0.1) is 5.92 Å². The highest BCUT2D eigenvalue weighted by Crippen LogP contribution is 2.59. The maximum Gasteiger partial charge on any atom is 0.417 e. The van der Waals surface area contributed by atoms with Gasteiger partial charge in [-0.1, -0.05) is 90.5 Å². The van der Waals surface area contributed by atoms with Crippen LogP contribution in [0.2, 0.25) is 0 Å². The number of ketones is 1. The summed E-state index contributed by atoms with van der Waals surface area (Å²) >= 11 is 4.05. The molecule has 1 heterocycles. The Labute approximate surface area is 239 Å². The topological polar surface area (TPSA) is 60.4 Å². The number of hydrogen-bond acceptors (Lipinski definition) is 4. The monoisotopic (exact) mass is 638 g/mol. The molecule has 4 nitrogen and oxygen atoms in total. The first-order valence-electron chi connectivity index (χ1n) is 11.9. The van der Waals surface area contributed by atoms with E-state index >= 15 is 8.78 Å². The lowest BCUT2D eigenvalue weighted by molar-refractivity contribution is -0.326. The molecule has 0 aliphatic carbocycles. The summed E-state index contributed by atoms with van der Waals surface area (Å²) in [6, 6.07) is 18.4. The van der Waals surface area contributed by atoms with E-state index in [4.69, 9.17) is 4.74 Å². The van der Waals surface area contributed by atoms with Crippen molar-refractivity contribution < 1.29 is 53.1 Å². The van der Waals surface area contributed by atoms with E-state index in [2.05, 4.69) is 11.6 Å². The van der Waals surface area contributed by atoms with Crippen molar-refractivity contribution in [2.75, 3.05) is 0 Å². The molecule has 0 spiro atoms. The van der Waals surface area contributed by atoms with Crippen LogP contribution in [-0.2, 0) is 14.6 Å². The van der Waals surface area contributed by atoms with Crippen LogP contribution in [0.15, 0.2) is 89.8 Å². The summed E-state index contributed by atoms with van der Waals surface area (Å²) < 4.78 is 147. The number of Topliss-reactive ketones (excluding diaryl/α,β-unsaturated/α-hetero) is 1. The molecule has 0 amide bonds. The van der Waals surface area contributed by atoms with Crippen LogP contribution in [0.3, 0.4) is 0 Å². The fraction of sp³-hybridized carbons (Fsp3) is 0.250. The van der Waals surface area contributed by atoms with Gasteiger partial charge >= 0.3 is 22.5 Å². The van der Waals surface area contributed by atoms with Crippen LogP contribution in [0, 0.1) is 6.92 Å². The molecule has 3 aromatic rings. The van der Waals surface area contributed by atoms with E-state index < -0.39 is 60.8 Å². The molecule has 0 unspecified atom stereocenters. The van der Waals surface area contributed by atoms with Gasteiger partial charge in [0.1, 0.15) is 10.7 Å². The minimum absolute atomic E-state index is 0.0870. The summed E-state index contributed by atoms with van der Waals surface area (Å²) in [7, 11) is -7.05. The van der Waals surface area contributed by atoms with Crippen LogP contribution in [-0.4, -0.2) is 42.8 Å². The first-order chi connectivity index (χ1) is 19.4. The van der Waals surface area contributed by atoms with Crippen molar-refractivity contribution in [1.82, 2.24) is 0 Å². The number of ether oxygens (including phenoxy) is 1. The lowest BCUT2D eigenvalue weighted by Gasteiger charge is -2.34. The number of halogens is 9. The highest BCUT2D eigenvalue weighted by atomic mass is 35.5. The molecule has 0 saturated heterocycles. The third-order valence-corrected chi connectivity index (χ3v) is 8.77. The number of rotatable bonds is 9. The van der Waals surface area contributed by atoms with Crippen LogP contribution in [0.1, 0.15) is 33.0 Å². The second-order valence-electron chi connectivity index (χ2n) is 9.38. The molecular formula is C28H19ClF8O4S. The summed E-state index contributed by atoms with van der Waals surface area (Å²) in [4.78, 5) is 11.9. The molecule has 1 aliphatic heterocycles. The molecule has 1 aliphatic rings. The van der Waals surface area contributed by atoms with Gasteiger partial charge in [0.25, 0.3) is 9.84 Å². The number of aryl methyl sites for hydroxylation is 1. The van der Waals surface area contributed by atoms with E-state index in [0.717, 1.165) is 12.1 Å². The maximum absolute atomic E-state index is 15.4. The van der Waals surface area contributed by atoms with E-state index in [1.165, 1.54) is 72.8 Å². The molecule has 0 aromatic heterocycles. The lowest BCUT2D eigenvalue weighted by atomic mass is 9.88. The molecule has 14 heteroatoms. The minimum atomic E-state index is -7.24. The molecule has 2 atom stereocenters. The third kappa shape index (κ3) is 4.96. The molecule has 0 N–H and O–H groups in total. The van der Waals surface area contributed by atoms with E-state index in [9.17, 15) is 39.6 Å². The Bertz CT molecular complexity index is 1610. The molecular weight excluding hydrogens is 620 g/mol. The van der Waals surface area contributed by atoms with Crippen LogP contribution < -0.4 is 0 Å². The van der Waals surface area contributed by atoms with Crippen molar-refractivity contribution >= 4 is 33.0 Å². The SMILES string of the molecule is Cc1ccc([C@@H]2C(S(=O)(=O)C(F)(F)C(F)(F)C(F)(F)C(F)(F)Cl)=C(c3ccccc3)O[C@H]2C(=O)c2ccccc2)cc1. The number of alkyl halides is 9. The molecule has 42 heavy (non-hydrogen) atoms. The van der Waals surface area contributed by atoms with Gasteiger partial charge in [-0.2, -0.15) is 35.1 Å². The van der Waals surface area contributed by atoms with Gasteiger partial charge in [-0.3, -0.25) is 4.79 Å². The third-order valence-electron chi connectivity index (χ3n) is 6.59. The normalized spacial score (nSPS) is 18.6. The highest BCUT2D eigenvalue weighted by molar-refractivity contribution is 7.96. The molecule has 0 saturated carbocycles. The van der Waals surface area contributed by atoms with E-state index in [0.29, 0.717) is 5.56 Å². The second-order valence-corrected chi connectivity index (χ2v) is 11.8. The van der Waals surface area contributed by atoms with E-state index in [1.54, 1.807) is 6.92 Å². The summed E-state index contributed by atoms with van der Waals surface area (Å²) in [5.41, 5.74) is -0.00441. The predicted octanol–water partition coefficient (Wildman–Crippen LogP) is 7.84. The van der Waals surface area contributed by atoms with E-state index in [-0.39, 0.29) is 16.7 Å². The van der Waals surface area contributed by atoms with Crippen LogP contribution in [0.5, 0.6) is 0 Å². The Morgan fingerprint density at radius 3 is 1.76 bits per heavy atom. The minimum Gasteiger partial charge on any atom is -0.480 e. The van der Waals surface area contributed by atoms with Gasteiger partial charge in [-0.15, -0.1) is 0 Å². The maximum atomic E-state index is 15.4. The van der Waals surface area contributed by atoms with Gasteiger partial charge in [-0.25, -0.2) is 8.42 Å². The zero-order valence-corrected chi connectivity index (χ0v) is 22.8. The Hall–Kier alpha value is -3.45. The average molecular weight is 639 g/mol. The number of hydrogen-bond donors (Lipinski definition) is 0. The van der Waals surface area contributed by atoms with E-state index in [1.807, 2.05) is 0 Å². The molecule has 3 aromatic carbocycles. The summed E-state index contributed by atoms with van der Waals surface area (Å²) in [5, 5.41) is -13.2. The quantitative estimate of drug-likeness (QED) is 0.136. The van der Waals surface area contributed by atoms with Crippen LogP contribution in [0.4, 0.5) is 35.1 Å². The largest absolute Gasteiger partial charge is 0.480 e. The Balaban J connectivity index is 2.04. The van der Waals surface area contributed by atoms with Crippen LogP contribution >= 0.6 is 11.6 Å². The first-order valence-corrected chi connectivity index (χ1v) is 13.8. The van der Waals surface area contributed by atoms with Gasteiger partial charge in [0, 0.05) is 11.1 Å². The summed E-state index contributed by atoms with van der Waals surface area (Å²) in [6.07, 6.45) is -1.98. The Kier molecular flexibility index (Phi) is 8.00. The number of benzene rings is 3. The standard InChI is InChI=1S/C28H19ClF8O4S/c1-16-12-14-17(15-13-16)20-23(21(38)18-8-4-2-5-9-18)41-22(19-10-6-3-7-11-19)24(20)42(39,40)28(36,37)26(32,33)25(30,31)27(29,34)35/h2-15,20,23H,1H3/t20-,23+/m0/s1.